The molecule has 0 unspecified atom stereocenters. The standard InChI is InChI=1S/C15H34N4O.HI/c1-6-8-12-19(4)15(16-7-2)17-10-9-11-18(3)13-14-20-5;/h6-14H2,1-5H3,(H,16,17);1H. The molecule has 1 N–H and O–H groups in total. The number of methoxy groups -OCH3 is 1. The highest BCUT2D eigenvalue weighted by Gasteiger charge is 2.04. The Hall–Kier alpha value is -0.0800. The van der Waals surface area contributed by atoms with Crippen LogP contribution in [-0.2, 0) is 4.74 Å². The summed E-state index contributed by atoms with van der Waals surface area (Å²) in [5.74, 6) is 1.03. The fourth-order valence-electron chi connectivity index (χ4n) is 1.86. The van der Waals surface area contributed by atoms with Crippen molar-refractivity contribution in [2.45, 2.75) is 33.1 Å². The second-order valence-corrected chi connectivity index (χ2v) is 5.16. The Balaban J connectivity index is 0. The van der Waals surface area contributed by atoms with E-state index in [1.54, 1.807) is 7.11 Å². The van der Waals surface area contributed by atoms with Gasteiger partial charge in [0, 0.05) is 40.3 Å². The highest BCUT2D eigenvalue weighted by molar-refractivity contribution is 14.0. The minimum atomic E-state index is 0. The minimum absolute atomic E-state index is 0. The van der Waals surface area contributed by atoms with E-state index in [9.17, 15) is 0 Å². The highest BCUT2D eigenvalue weighted by atomic mass is 127. The molecule has 0 heterocycles. The van der Waals surface area contributed by atoms with Crippen molar-refractivity contribution in [2.75, 3.05) is 60.5 Å². The van der Waals surface area contributed by atoms with Crippen LogP contribution in [0, 0.1) is 0 Å². The first-order valence-electron chi connectivity index (χ1n) is 7.82. The van der Waals surface area contributed by atoms with E-state index in [0.717, 1.165) is 51.7 Å². The van der Waals surface area contributed by atoms with Gasteiger partial charge in [0.1, 0.15) is 0 Å². The molecule has 21 heavy (non-hydrogen) atoms. The van der Waals surface area contributed by atoms with Crippen LogP contribution in [-0.4, -0.2) is 76.3 Å². The first-order valence-corrected chi connectivity index (χ1v) is 7.82. The summed E-state index contributed by atoms with van der Waals surface area (Å²) in [4.78, 5) is 9.20. The SMILES string of the molecule is CCCCN(C)C(=NCCCN(C)CCOC)NCC.I. The molecule has 0 aromatic rings. The lowest BCUT2D eigenvalue weighted by molar-refractivity contribution is 0.161. The summed E-state index contributed by atoms with van der Waals surface area (Å²) in [6, 6.07) is 0. The smallest absolute Gasteiger partial charge is 0.193 e. The second-order valence-electron chi connectivity index (χ2n) is 5.16. The number of aliphatic imine (C=N–C) groups is 1. The first-order chi connectivity index (χ1) is 9.65. The summed E-state index contributed by atoms with van der Waals surface area (Å²) < 4.78 is 5.07. The van der Waals surface area contributed by atoms with Gasteiger partial charge in [-0.25, -0.2) is 0 Å². The summed E-state index contributed by atoms with van der Waals surface area (Å²) in [7, 11) is 5.98. The predicted molar refractivity (Wildman–Crippen MR) is 103 cm³/mol. The Morgan fingerprint density at radius 1 is 1.10 bits per heavy atom. The number of halogens is 1. The lowest BCUT2D eigenvalue weighted by Gasteiger charge is -2.22. The minimum Gasteiger partial charge on any atom is -0.383 e. The Bertz CT molecular complexity index is 252. The summed E-state index contributed by atoms with van der Waals surface area (Å²) >= 11 is 0. The number of nitrogens with zero attached hydrogens (tertiary/aromatic N) is 3. The van der Waals surface area contributed by atoms with Gasteiger partial charge in [0.25, 0.3) is 0 Å². The van der Waals surface area contributed by atoms with Gasteiger partial charge in [-0.1, -0.05) is 13.3 Å². The van der Waals surface area contributed by atoms with Crippen LogP contribution in [0.2, 0.25) is 0 Å². The quantitative estimate of drug-likeness (QED) is 0.244. The molecule has 5 nitrogen and oxygen atoms in total. The van der Waals surface area contributed by atoms with E-state index >= 15 is 0 Å². The van der Waals surface area contributed by atoms with E-state index in [2.05, 4.69) is 43.1 Å². The van der Waals surface area contributed by atoms with Crippen LogP contribution in [0.25, 0.3) is 0 Å². The van der Waals surface area contributed by atoms with Crippen molar-refractivity contribution in [3.63, 3.8) is 0 Å². The van der Waals surface area contributed by atoms with Crippen molar-refractivity contribution in [2.24, 2.45) is 4.99 Å². The lowest BCUT2D eigenvalue weighted by Crippen LogP contribution is -2.39. The van der Waals surface area contributed by atoms with Crippen LogP contribution in [0.4, 0.5) is 0 Å². The lowest BCUT2D eigenvalue weighted by atomic mass is 10.3. The van der Waals surface area contributed by atoms with E-state index in [1.807, 2.05) is 0 Å². The largest absolute Gasteiger partial charge is 0.383 e. The Kier molecular flexibility index (Phi) is 18.0. The molecular formula is C15H35IN4O. The van der Waals surface area contributed by atoms with Crippen molar-refractivity contribution in [1.29, 1.82) is 0 Å². The molecule has 0 spiro atoms. The molecule has 0 rings (SSSR count). The molecule has 128 valence electrons. The van der Waals surface area contributed by atoms with E-state index < -0.39 is 0 Å². The van der Waals surface area contributed by atoms with Gasteiger partial charge in [-0.15, -0.1) is 24.0 Å². The van der Waals surface area contributed by atoms with Crippen molar-refractivity contribution in [3.8, 4) is 0 Å². The normalized spacial score (nSPS) is 11.4. The number of likely N-dealkylation sites (N-methyl/N-ethyl adjacent to an activating group) is 1. The van der Waals surface area contributed by atoms with Gasteiger partial charge < -0.3 is 19.9 Å². The molecule has 0 saturated carbocycles. The van der Waals surface area contributed by atoms with E-state index in [0.29, 0.717) is 0 Å². The maximum absolute atomic E-state index is 5.07. The fourth-order valence-corrected chi connectivity index (χ4v) is 1.86. The van der Waals surface area contributed by atoms with E-state index in [1.165, 1.54) is 12.8 Å². The third kappa shape index (κ3) is 13.3. The van der Waals surface area contributed by atoms with Gasteiger partial charge in [-0.2, -0.15) is 0 Å². The molecule has 0 aromatic heterocycles. The van der Waals surface area contributed by atoms with Crippen LogP contribution in [0.15, 0.2) is 4.99 Å². The molecule has 0 aliphatic carbocycles. The van der Waals surface area contributed by atoms with Crippen LogP contribution in [0.5, 0.6) is 0 Å². The molecule has 0 radical (unpaired) electrons. The van der Waals surface area contributed by atoms with Gasteiger partial charge in [0.2, 0.25) is 0 Å². The van der Waals surface area contributed by atoms with Gasteiger partial charge in [0.05, 0.1) is 6.61 Å². The summed E-state index contributed by atoms with van der Waals surface area (Å²) in [6.07, 6.45) is 3.51. The van der Waals surface area contributed by atoms with Gasteiger partial charge in [-0.3, -0.25) is 4.99 Å². The zero-order valence-electron chi connectivity index (χ0n) is 14.5. The first kappa shape index (κ1) is 23.2. The summed E-state index contributed by atoms with van der Waals surface area (Å²) in [5.41, 5.74) is 0. The Labute approximate surface area is 148 Å². The molecule has 0 aromatic carbocycles. The van der Waals surface area contributed by atoms with Crippen LogP contribution in [0.1, 0.15) is 33.1 Å². The number of hydrogen-bond donors (Lipinski definition) is 1. The number of guanidine groups is 1. The third-order valence-corrected chi connectivity index (χ3v) is 3.18. The maximum atomic E-state index is 5.07. The third-order valence-electron chi connectivity index (χ3n) is 3.18. The molecule has 0 bridgehead atoms. The topological polar surface area (TPSA) is 40.1 Å². The molecule has 0 fully saturated rings. The number of rotatable bonds is 11. The molecule has 0 amide bonds. The van der Waals surface area contributed by atoms with Crippen LogP contribution >= 0.6 is 24.0 Å². The van der Waals surface area contributed by atoms with Gasteiger partial charge in [0.15, 0.2) is 5.96 Å². The van der Waals surface area contributed by atoms with Crippen LogP contribution < -0.4 is 5.32 Å². The van der Waals surface area contributed by atoms with E-state index in [4.69, 9.17) is 9.73 Å². The average molecular weight is 414 g/mol. The monoisotopic (exact) mass is 414 g/mol. The van der Waals surface area contributed by atoms with E-state index in [-0.39, 0.29) is 24.0 Å². The molecule has 0 aliphatic rings. The second kappa shape index (κ2) is 16.3. The molecule has 6 heteroatoms. The maximum Gasteiger partial charge on any atom is 0.193 e. The average Bonchev–Trinajstić information content (AvgIpc) is 2.45. The van der Waals surface area contributed by atoms with Crippen molar-refractivity contribution in [3.05, 3.63) is 0 Å². The molecular weight excluding hydrogens is 379 g/mol. The van der Waals surface area contributed by atoms with Crippen molar-refractivity contribution in [1.82, 2.24) is 15.1 Å². The van der Waals surface area contributed by atoms with Gasteiger partial charge in [-0.05, 0) is 33.4 Å². The number of nitrogens with one attached hydrogen (secondary N) is 1. The number of unbranched alkanes of at least 4 members (excludes halogenated alkanes) is 1. The molecule has 0 saturated heterocycles. The molecule has 0 aliphatic heterocycles. The Morgan fingerprint density at radius 2 is 1.81 bits per heavy atom. The predicted octanol–water partition coefficient (Wildman–Crippen LogP) is 2.27. The zero-order valence-corrected chi connectivity index (χ0v) is 16.9. The number of ether oxygens (including phenoxy) is 1. The van der Waals surface area contributed by atoms with Crippen molar-refractivity contribution >= 4 is 29.9 Å². The highest BCUT2D eigenvalue weighted by Crippen LogP contribution is 1.95. The fraction of sp³-hybridized carbons (Fsp3) is 0.933. The Morgan fingerprint density at radius 3 is 2.38 bits per heavy atom. The zero-order chi connectivity index (χ0) is 15.2. The van der Waals surface area contributed by atoms with Crippen LogP contribution in [0.3, 0.4) is 0 Å². The summed E-state index contributed by atoms with van der Waals surface area (Å²) in [5, 5.41) is 3.36. The van der Waals surface area contributed by atoms with Gasteiger partial charge >= 0.3 is 0 Å². The summed E-state index contributed by atoms with van der Waals surface area (Å²) in [6.45, 7) is 10.0. The van der Waals surface area contributed by atoms with Crippen molar-refractivity contribution < 1.29 is 4.74 Å². The molecule has 0 atom stereocenters. The number of hydrogen-bond acceptors (Lipinski definition) is 3.